The molecule has 20 heavy (non-hydrogen) atoms. The van der Waals surface area contributed by atoms with E-state index in [0.29, 0.717) is 13.0 Å². The van der Waals surface area contributed by atoms with E-state index >= 15 is 0 Å². The number of hydrogen-bond donors (Lipinski definition) is 1. The molecule has 1 aromatic carbocycles. The van der Waals surface area contributed by atoms with E-state index < -0.39 is 20.6 Å². The molecule has 1 saturated carbocycles. The number of hydrogen-bond acceptors (Lipinski definition) is 5. The molecule has 110 valence electrons. The zero-order chi connectivity index (χ0) is 14.9. The minimum atomic E-state index is -3.86. The third kappa shape index (κ3) is 2.75. The Morgan fingerprint density at radius 1 is 1.45 bits per heavy atom. The van der Waals surface area contributed by atoms with Crippen molar-refractivity contribution in [2.45, 2.75) is 37.1 Å². The molecule has 1 aromatic rings. The Hall–Kier alpha value is -1.67. The van der Waals surface area contributed by atoms with Crippen LogP contribution in [0.5, 0.6) is 0 Å². The summed E-state index contributed by atoms with van der Waals surface area (Å²) in [6.07, 6.45) is 2.28. The average Bonchev–Trinajstić information content (AvgIpc) is 3.19. The average molecular weight is 299 g/mol. The van der Waals surface area contributed by atoms with E-state index in [1.165, 1.54) is 16.4 Å². The predicted octanol–water partition coefficient (Wildman–Crippen LogP) is 1.74. The van der Waals surface area contributed by atoms with Crippen LogP contribution in [0.15, 0.2) is 23.1 Å². The molecule has 0 aromatic heterocycles. The lowest BCUT2D eigenvalue weighted by atomic mass is 10.3. The highest BCUT2D eigenvalue weighted by molar-refractivity contribution is 7.89. The number of benzene rings is 1. The Kier molecular flexibility index (Phi) is 3.96. The van der Waals surface area contributed by atoms with E-state index in [9.17, 15) is 18.5 Å². The first-order valence-electron chi connectivity index (χ1n) is 6.43. The summed E-state index contributed by atoms with van der Waals surface area (Å²) in [5.74, 6) is 0. The molecular formula is C12H17N3O4S. The predicted molar refractivity (Wildman–Crippen MR) is 74.7 cm³/mol. The lowest BCUT2D eigenvalue weighted by Crippen LogP contribution is -2.34. The maximum Gasteiger partial charge on any atom is 0.291 e. The zero-order valence-corrected chi connectivity index (χ0v) is 12.0. The van der Waals surface area contributed by atoms with Gasteiger partial charge in [0.1, 0.15) is 0 Å². The van der Waals surface area contributed by atoms with Gasteiger partial charge in [0.2, 0.25) is 10.0 Å². The van der Waals surface area contributed by atoms with Gasteiger partial charge < -0.3 is 5.73 Å². The van der Waals surface area contributed by atoms with E-state index in [4.69, 9.17) is 5.73 Å². The Bertz CT molecular complexity index is 626. The van der Waals surface area contributed by atoms with Crippen LogP contribution in [0, 0.1) is 10.1 Å². The Morgan fingerprint density at radius 2 is 2.10 bits per heavy atom. The maximum atomic E-state index is 12.6. The van der Waals surface area contributed by atoms with Crippen LogP contribution in [-0.4, -0.2) is 30.2 Å². The van der Waals surface area contributed by atoms with Gasteiger partial charge in [0.25, 0.3) is 5.69 Å². The lowest BCUT2D eigenvalue weighted by molar-refractivity contribution is -0.387. The van der Waals surface area contributed by atoms with E-state index in [0.717, 1.165) is 18.9 Å². The summed E-state index contributed by atoms with van der Waals surface area (Å²) in [5.41, 5.74) is 5.21. The van der Waals surface area contributed by atoms with Crippen molar-refractivity contribution in [3.63, 3.8) is 0 Å². The first-order chi connectivity index (χ1) is 9.37. The molecule has 0 amide bonds. The van der Waals surface area contributed by atoms with E-state index in [2.05, 4.69) is 0 Å². The van der Waals surface area contributed by atoms with Crippen LogP contribution in [0.4, 0.5) is 11.4 Å². The number of sulfonamides is 1. The Balaban J connectivity index is 2.50. The zero-order valence-electron chi connectivity index (χ0n) is 11.2. The first-order valence-corrected chi connectivity index (χ1v) is 7.87. The second-order valence-electron chi connectivity index (χ2n) is 4.83. The minimum Gasteiger partial charge on any atom is -0.399 e. The number of nitro benzene ring substituents is 1. The molecule has 1 fully saturated rings. The van der Waals surface area contributed by atoms with E-state index in [-0.39, 0.29) is 16.6 Å². The van der Waals surface area contributed by atoms with Gasteiger partial charge in [0, 0.05) is 24.3 Å². The summed E-state index contributed by atoms with van der Waals surface area (Å²) in [6, 6.07) is 3.64. The largest absolute Gasteiger partial charge is 0.399 e. The topological polar surface area (TPSA) is 107 Å². The van der Waals surface area contributed by atoms with Gasteiger partial charge in [-0.25, -0.2) is 8.42 Å². The molecular weight excluding hydrogens is 282 g/mol. The summed E-state index contributed by atoms with van der Waals surface area (Å²) in [7, 11) is -3.86. The number of nitrogens with zero attached hydrogens (tertiary/aromatic N) is 2. The van der Waals surface area contributed by atoms with Crippen LogP contribution in [0.25, 0.3) is 0 Å². The molecule has 2 rings (SSSR count). The fraction of sp³-hybridized carbons (Fsp3) is 0.500. The summed E-state index contributed by atoms with van der Waals surface area (Å²) in [6.45, 7) is 2.25. The van der Waals surface area contributed by atoms with Crippen molar-refractivity contribution in [1.82, 2.24) is 4.31 Å². The number of nitrogens with two attached hydrogens (primary N) is 1. The molecule has 0 radical (unpaired) electrons. The normalized spacial score (nSPS) is 15.5. The van der Waals surface area contributed by atoms with Crippen LogP contribution < -0.4 is 5.73 Å². The smallest absolute Gasteiger partial charge is 0.291 e. The fourth-order valence-corrected chi connectivity index (χ4v) is 4.02. The standard InChI is InChI=1S/C12H17N3O4S/c1-2-7-14(10-4-5-10)20(18,19)12-6-3-9(13)8-11(12)15(16)17/h3,6,8,10H,2,4-5,7,13H2,1H3. The van der Waals surface area contributed by atoms with Crippen LogP contribution in [-0.2, 0) is 10.0 Å². The molecule has 7 nitrogen and oxygen atoms in total. The summed E-state index contributed by atoms with van der Waals surface area (Å²) in [5, 5.41) is 11.1. The molecule has 0 bridgehead atoms. The summed E-state index contributed by atoms with van der Waals surface area (Å²) >= 11 is 0. The SMILES string of the molecule is CCCN(C1CC1)S(=O)(=O)c1ccc(N)cc1[N+](=O)[O-]. The fourth-order valence-electron chi connectivity index (χ4n) is 2.10. The van der Waals surface area contributed by atoms with Gasteiger partial charge in [0.15, 0.2) is 4.90 Å². The Morgan fingerprint density at radius 3 is 2.60 bits per heavy atom. The minimum absolute atomic E-state index is 0.0305. The molecule has 2 N–H and O–H groups in total. The number of nitro groups is 1. The highest BCUT2D eigenvalue weighted by Gasteiger charge is 2.40. The van der Waals surface area contributed by atoms with Crippen LogP contribution >= 0.6 is 0 Å². The van der Waals surface area contributed by atoms with Gasteiger partial charge in [-0.2, -0.15) is 4.31 Å². The molecule has 0 aliphatic heterocycles. The lowest BCUT2D eigenvalue weighted by Gasteiger charge is -2.21. The molecule has 0 heterocycles. The van der Waals surface area contributed by atoms with Crippen LogP contribution in [0.2, 0.25) is 0 Å². The molecule has 8 heteroatoms. The molecule has 1 aliphatic rings. The van der Waals surface area contributed by atoms with Crippen LogP contribution in [0.1, 0.15) is 26.2 Å². The number of rotatable bonds is 6. The van der Waals surface area contributed by atoms with Crippen molar-refractivity contribution < 1.29 is 13.3 Å². The van der Waals surface area contributed by atoms with Crippen molar-refractivity contribution in [3.05, 3.63) is 28.3 Å². The monoisotopic (exact) mass is 299 g/mol. The van der Waals surface area contributed by atoms with Gasteiger partial charge in [0.05, 0.1) is 4.92 Å². The van der Waals surface area contributed by atoms with Crippen molar-refractivity contribution in [1.29, 1.82) is 0 Å². The van der Waals surface area contributed by atoms with Crippen molar-refractivity contribution in [2.24, 2.45) is 0 Å². The third-order valence-corrected chi connectivity index (χ3v) is 5.16. The second kappa shape index (κ2) is 5.37. The highest BCUT2D eigenvalue weighted by Crippen LogP contribution is 2.35. The Labute approximate surface area is 117 Å². The summed E-state index contributed by atoms with van der Waals surface area (Å²) < 4.78 is 26.6. The van der Waals surface area contributed by atoms with Crippen molar-refractivity contribution in [2.75, 3.05) is 12.3 Å². The quantitative estimate of drug-likeness (QED) is 0.489. The molecule has 0 spiro atoms. The van der Waals surface area contributed by atoms with Gasteiger partial charge in [-0.3, -0.25) is 10.1 Å². The van der Waals surface area contributed by atoms with Gasteiger partial charge in [-0.15, -0.1) is 0 Å². The third-order valence-electron chi connectivity index (χ3n) is 3.16. The molecule has 0 saturated heterocycles. The maximum absolute atomic E-state index is 12.6. The van der Waals surface area contributed by atoms with Crippen LogP contribution in [0.3, 0.4) is 0 Å². The van der Waals surface area contributed by atoms with Crippen molar-refractivity contribution in [3.8, 4) is 0 Å². The number of anilines is 1. The van der Waals surface area contributed by atoms with Gasteiger partial charge >= 0.3 is 0 Å². The van der Waals surface area contributed by atoms with Crippen molar-refractivity contribution >= 4 is 21.4 Å². The highest BCUT2D eigenvalue weighted by atomic mass is 32.2. The van der Waals surface area contributed by atoms with E-state index in [1.54, 1.807) is 0 Å². The molecule has 1 aliphatic carbocycles. The summed E-state index contributed by atoms with van der Waals surface area (Å²) in [4.78, 5) is 10.1. The first kappa shape index (κ1) is 14.7. The second-order valence-corrected chi connectivity index (χ2v) is 6.69. The van der Waals surface area contributed by atoms with E-state index in [1.807, 2.05) is 6.92 Å². The van der Waals surface area contributed by atoms with Gasteiger partial charge in [-0.05, 0) is 31.4 Å². The molecule has 0 unspecified atom stereocenters. The van der Waals surface area contributed by atoms with Gasteiger partial charge in [-0.1, -0.05) is 6.92 Å². The number of nitrogen functional groups attached to an aromatic ring is 1. The molecule has 0 atom stereocenters.